The molecule has 0 unspecified atom stereocenters. The first-order valence-corrected chi connectivity index (χ1v) is 4.91. The normalized spacial score (nSPS) is 10.1. The fourth-order valence-electron chi connectivity index (χ4n) is 0.926. The number of carbonyl (C=O) groups is 1. The van der Waals surface area contributed by atoms with E-state index in [4.69, 9.17) is 9.84 Å². The Balaban J connectivity index is 2.95. The maximum Gasteiger partial charge on any atom is 0.245 e. The van der Waals surface area contributed by atoms with E-state index < -0.39 is 6.61 Å². The van der Waals surface area contributed by atoms with Crippen molar-refractivity contribution in [2.45, 2.75) is 12.8 Å². The predicted molar refractivity (Wildman–Crippen MR) is 54.1 cm³/mol. The molecule has 0 aliphatic carbocycles. The van der Waals surface area contributed by atoms with Crippen molar-refractivity contribution in [3.8, 4) is 0 Å². The zero-order valence-electron chi connectivity index (χ0n) is 8.71. The van der Waals surface area contributed by atoms with E-state index in [9.17, 15) is 4.79 Å². The van der Waals surface area contributed by atoms with Crippen LogP contribution < -0.4 is 10.6 Å². The molecule has 5 heteroatoms. The van der Waals surface area contributed by atoms with Crippen molar-refractivity contribution in [2.24, 2.45) is 0 Å². The molecular formula is C9H20N2O3. The van der Waals surface area contributed by atoms with Gasteiger partial charge in [0.05, 0.1) is 6.61 Å². The maximum absolute atomic E-state index is 10.6. The van der Waals surface area contributed by atoms with Crippen molar-refractivity contribution in [3.63, 3.8) is 0 Å². The fraction of sp³-hybridized carbons (Fsp3) is 0.889. The number of amides is 1. The molecule has 0 atom stereocenters. The molecule has 0 rings (SSSR count). The Hall–Kier alpha value is -0.650. The molecule has 0 saturated carbocycles. The summed E-state index contributed by atoms with van der Waals surface area (Å²) in [6.07, 6.45) is 2.12. The summed E-state index contributed by atoms with van der Waals surface area (Å²) < 4.78 is 5.25. The Labute approximate surface area is 84.8 Å². The second-order valence-electron chi connectivity index (χ2n) is 2.93. The van der Waals surface area contributed by atoms with E-state index >= 15 is 0 Å². The molecule has 14 heavy (non-hydrogen) atoms. The number of nitrogens with one attached hydrogen (secondary N) is 2. The van der Waals surface area contributed by atoms with Crippen molar-refractivity contribution in [1.29, 1.82) is 0 Å². The fourth-order valence-corrected chi connectivity index (χ4v) is 0.926. The molecule has 0 radical (unpaired) electrons. The molecule has 84 valence electrons. The van der Waals surface area contributed by atoms with Gasteiger partial charge in [-0.05, 0) is 26.4 Å². The molecule has 0 aromatic carbocycles. The summed E-state index contributed by atoms with van der Waals surface area (Å²) in [5.74, 6) is -0.358. The first-order valence-electron chi connectivity index (χ1n) is 4.91. The first kappa shape index (κ1) is 13.4. The highest BCUT2D eigenvalue weighted by molar-refractivity contribution is 5.76. The Morgan fingerprint density at radius 3 is 2.71 bits per heavy atom. The third-order valence-corrected chi connectivity index (χ3v) is 1.68. The van der Waals surface area contributed by atoms with Crippen molar-refractivity contribution in [3.05, 3.63) is 0 Å². The second kappa shape index (κ2) is 10.4. The van der Waals surface area contributed by atoms with Gasteiger partial charge >= 0.3 is 0 Å². The molecule has 1 amide bonds. The number of unbranched alkanes of at least 4 members (excludes halogenated alkanes) is 1. The van der Waals surface area contributed by atoms with E-state index in [0.29, 0.717) is 13.2 Å². The summed E-state index contributed by atoms with van der Waals surface area (Å²) in [7, 11) is 1.92. The number of aliphatic hydroxyl groups is 1. The Bertz CT molecular complexity index is 142. The lowest BCUT2D eigenvalue weighted by Crippen LogP contribution is -2.29. The van der Waals surface area contributed by atoms with E-state index in [2.05, 4.69) is 10.6 Å². The average molecular weight is 204 g/mol. The van der Waals surface area contributed by atoms with Gasteiger partial charge in [0.2, 0.25) is 5.91 Å². The van der Waals surface area contributed by atoms with Gasteiger partial charge in [0.25, 0.3) is 0 Å². The third kappa shape index (κ3) is 9.44. The van der Waals surface area contributed by atoms with Gasteiger partial charge in [0.15, 0.2) is 0 Å². The van der Waals surface area contributed by atoms with E-state index in [1.807, 2.05) is 7.05 Å². The SMILES string of the molecule is CNCCCCOCCNC(=O)CO. The lowest BCUT2D eigenvalue weighted by atomic mass is 10.3. The van der Waals surface area contributed by atoms with Gasteiger partial charge in [-0.15, -0.1) is 0 Å². The van der Waals surface area contributed by atoms with Crippen LogP contribution in [-0.2, 0) is 9.53 Å². The number of carbonyl (C=O) groups excluding carboxylic acids is 1. The first-order chi connectivity index (χ1) is 6.81. The molecular weight excluding hydrogens is 184 g/mol. The van der Waals surface area contributed by atoms with Gasteiger partial charge in [-0.2, -0.15) is 0 Å². The van der Waals surface area contributed by atoms with Gasteiger partial charge in [0, 0.05) is 13.2 Å². The molecule has 0 aromatic rings. The topological polar surface area (TPSA) is 70.6 Å². The molecule has 5 nitrogen and oxygen atoms in total. The quantitative estimate of drug-likeness (QED) is 0.426. The molecule has 0 aliphatic heterocycles. The van der Waals surface area contributed by atoms with Crippen LogP contribution in [0.3, 0.4) is 0 Å². The molecule has 0 saturated heterocycles. The van der Waals surface area contributed by atoms with Gasteiger partial charge in [-0.25, -0.2) is 0 Å². The largest absolute Gasteiger partial charge is 0.387 e. The molecule has 0 bridgehead atoms. The summed E-state index contributed by atoms with van der Waals surface area (Å²) in [6.45, 7) is 2.24. The van der Waals surface area contributed by atoms with Crippen molar-refractivity contribution >= 4 is 5.91 Å². The van der Waals surface area contributed by atoms with Crippen LogP contribution in [0.5, 0.6) is 0 Å². The van der Waals surface area contributed by atoms with Crippen molar-refractivity contribution in [2.75, 3.05) is 40.0 Å². The smallest absolute Gasteiger partial charge is 0.245 e. The van der Waals surface area contributed by atoms with Crippen LogP contribution in [0.25, 0.3) is 0 Å². The average Bonchev–Trinajstić information content (AvgIpc) is 2.21. The minimum absolute atomic E-state index is 0.358. The Morgan fingerprint density at radius 1 is 1.29 bits per heavy atom. The second-order valence-corrected chi connectivity index (χ2v) is 2.93. The predicted octanol–water partition coefficient (Wildman–Crippen LogP) is -0.889. The van der Waals surface area contributed by atoms with Gasteiger partial charge in [0.1, 0.15) is 6.61 Å². The van der Waals surface area contributed by atoms with Crippen LogP contribution in [0, 0.1) is 0 Å². The molecule has 3 N–H and O–H groups in total. The van der Waals surface area contributed by atoms with Crippen LogP contribution >= 0.6 is 0 Å². The van der Waals surface area contributed by atoms with Crippen molar-refractivity contribution < 1.29 is 14.6 Å². The monoisotopic (exact) mass is 204 g/mol. The summed E-state index contributed by atoms with van der Waals surface area (Å²) in [5, 5.41) is 13.9. The van der Waals surface area contributed by atoms with Crippen LogP contribution in [-0.4, -0.2) is 51.0 Å². The van der Waals surface area contributed by atoms with Crippen LogP contribution in [0.1, 0.15) is 12.8 Å². The zero-order chi connectivity index (χ0) is 10.6. The molecule has 0 aliphatic rings. The Morgan fingerprint density at radius 2 is 2.07 bits per heavy atom. The minimum atomic E-state index is -0.456. The number of hydrogen-bond acceptors (Lipinski definition) is 4. The van der Waals surface area contributed by atoms with Gasteiger partial charge < -0.3 is 20.5 Å². The molecule has 0 fully saturated rings. The number of hydrogen-bond donors (Lipinski definition) is 3. The highest BCUT2D eigenvalue weighted by Gasteiger charge is 1.95. The van der Waals surface area contributed by atoms with Crippen LogP contribution in [0.2, 0.25) is 0 Å². The molecule has 0 heterocycles. The summed E-state index contributed by atoms with van der Waals surface area (Å²) in [5.41, 5.74) is 0. The molecule has 0 spiro atoms. The van der Waals surface area contributed by atoms with E-state index in [0.717, 1.165) is 26.0 Å². The van der Waals surface area contributed by atoms with Crippen LogP contribution in [0.15, 0.2) is 0 Å². The van der Waals surface area contributed by atoms with Gasteiger partial charge in [-0.3, -0.25) is 4.79 Å². The number of rotatable bonds is 9. The zero-order valence-corrected chi connectivity index (χ0v) is 8.71. The highest BCUT2D eigenvalue weighted by atomic mass is 16.5. The lowest BCUT2D eigenvalue weighted by Gasteiger charge is -2.05. The van der Waals surface area contributed by atoms with E-state index in [1.54, 1.807) is 0 Å². The minimum Gasteiger partial charge on any atom is -0.387 e. The van der Waals surface area contributed by atoms with Crippen LogP contribution in [0.4, 0.5) is 0 Å². The maximum atomic E-state index is 10.6. The number of ether oxygens (including phenoxy) is 1. The summed E-state index contributed by atoms with van der Waals surface area (Å²) >= 11 is 0. The van der Waals surface area contributed by atoms with Gasteiger partial charge in [-0.1, -0.05) is 0 Å². The van der Waals surface area contributed by atoms with E-state index in [-0.39, 0.29) is 5.91 Å². The third-order valence-electron chi connectivity index (χ3n) is 1.68. The number of aliphatic hydroxyl groups excluding tert-OH is 1. The molecule has 0 aromatic heterocycles. The lowest BCUT2D eigenvalue weighted by molar-refractivity contribution is -0.124. The van der Waals surface area contributed by atoms with E-state index in [1.165, 1.54) is 0 Å². The summed E-state index contributed by atoms with van der Waals surface area (Å²) in [6, 6.07) is 0. The standard InChI is InChI=1S/C9H20N2O3/c1-10-4-2-3-6-14-7-5-11-9(13)8-12/h10,12H,2-8H2,1H3,(H,11,13). The highest BCUT2D eigenvalue weighted by Crippen LogP contribution is 1.87. The summed E-state index contributed by atoms with van der Waals surface area (Å²) in [4.78, 5) is 10.6. The Kier molecular flexibility index (Phi) is 9.95. The van der Waals surface area contributed by atoms with Crippen molar-refractivity contribution in [1.82, 2.24) is 10.6 Å².